The molecule has 1 atom stereocenters. The van der Waals surface area contributed by atoms with Gasteiger partial charge in [0.15, 0.2) is 0 Å². The van der Waals surface area contributed by atoms with E-state index in [1.165, 1.54) is 0 Å². The lowest BCUT2D eigenvalue weighted by molar-refractivity contribution is -0.147. The number of rotatable bonds is 6. The Bertz CT molecular complexity index is 599. The molecule has 0 aromatic rings. The number of carbonyl (C=O) groups excluding carboxylic acids is 3. The molecule has 140 valence electrons. The van der Waals surface area contributed by atoms with Crippen molar-refractivity contribution in [1.82, 2.24) is 5.32 Å². The Balaban J connectivity index is 2.68. The van der Waals surface area contributed by atoms with Crippen molar-refractivity contribution >= 4 is 34.0 Å². The van der Waals surface area contributed by atoms with Crippen LogP contribution in [0.5, 0.6) is 0 Å². The average molecular weight is 418 g/mol. The summed E-state index contributed by atoms with van der Waals surface area (Å²) < 4.78 is 16.2. The minimum Gasteiger partial charge on any atom is -0.456 e. The summed E-state index contributed by atoms with van der Waals surface area (Å²) in [6, 6.07) is 0. The first-order valence-electron chi connectivity index (χ1n) is 8.00. The van der Waals surface area contributed by atoms with Gasteiger partial charge in [-0.1, -0.05) is 29.3 Å². The van der Waals surface area contributed by atoms with Gasteiger partial charge in [0, 0.05) is 4.48 Å². The van der Waals surface area contributed by atoms with E-state index >= 15 is 0 Å². The Labute approximate surface area is 155 Å². The Kier molecular flexibility index (Phi) is 7.66. The van der Waals surface area contributed by atoms with Crippen LogP contribution in [0, 0.1) is 0 Å². The van der Waals surface area contributed by atoms with E-state index in [9.17, 15) is 14.4 Å². The lowest BCUT2D eigenvalue weighted by Crippen LogP contribution is -2.37. The molecule has 25 heavy (non-hydrogen) atoms. The summed E-state index contributed by atoms with van der Waals surface area (Å²) in [6.07, 6.45) is 1.29. The topological polar surface area (TPSA) is 90.9 Å². The van der Waals surface area contributed by atoms with Crippen molar-refractivity contribution in [2.45, 2.75) is 59.2 Å². The summed E-state index contributed by atoms with van der Waals surface area (Å²) in [5.41, 5.74) is -0.380. The lowest BCUT2D eigenvalue weighted by Gasteiger charge is -2.20. The molecular formula is C17H24BrNO6. The Morgan fingerprint density at radius 2 is 2.00 bits per heavy atom. The van der Waals surface area contributed by atoms with Crippen molar-refractivity contribution in [2.75, 3.05) is 6.54 Å². The Hall–Kier alpha value is -1.83. The average Bonchev–Trinajstić information content (AvgIpc) is 2.85. The van der Waals surface area contributed by atoms with Crippen molar-refractivity contribution in [3.63, 3.8) is 0 Å². The van der Waals surface area contributed by atoms with E-state index in [1.54, 1.807) is 33.8 Å². The maximum Gasteiger partial charge on any atom is 0.408 e. The van der Waals surface area contributed by atoms with Crippen molar-refractivity contribution in [1.29, 1.82) is 0 Å². The van der Waals surface area contributed by atoms with E-state index < -0.39 is 29.7 Å². The fraction of sp³-hybridized carbons (Fsp3) is 0.588. The van der Waals surface area contributed by atoms with Crippen LogP contribution < -0.4 is 5.32 Å². The molecule has 1 heterocycles. The van der Waals surface area contributed by atoms with Crippen LogP contribution in [0.2, 0.25) is 0 Å². The van der Waals surface area contributed by atoms with Gasteiger partial charge >= 0.3 is 18.0 Å². The first-order chi connectivity index (χ1) is 11.5. The van der Waals surface area contributed by atoms with Crippen molar-refractivity contribution < 1.29 is 28.6 Å². The number of esters is 2. The van der Waals surface area contributed by atoms with E-state index in [4.69, 9.17) is 14.2 Å². The highest BCUT2D eigenvalue weighted by Gasteiger charge is 2.31. The normalized spacial score (nSPS) is 17.4. The first-order valence-corrected chi connectivity index (χ1v) is 8.79. The number of hydrogen-bond donors (Lipinski definition) is 1. The maximum atomic E-state index is 12.0. The van der Waals surface area contributed by atoms with Crippen LogP contribution >= 0.6 is 15.9 Å². The van der Waals surface area contributed by atoms with Crippen molar-refractivity contribution in [3.8, 4) is 0 Å². The molecule has 1 aliphatic rings. The predicted octanol–water partition coefficient (Wildman–Crippen LogP) is 3.33. The molecule has 1 aliphatic heterocycles. The van der Waals surface area contributed by atoms with Crippen molar-refractivity contribution in [2.24, 2.45) is 0 Å². The number of ether oxygens (including phenoxy) is 3. The molecule has 8 heteroatoms. The molecule has 0 aromatic carbocycles. The molecule has 0 bridgehead atoms. The second-order valence-electron chi connectivity index (χ2n) is 6.51. The molecule has 0 saturated carbocycles. The van der Waals surface area contributed by atoms with E-state index in [0.29, 0.717) is 23.1 Å². The zero-order valence-corrected chi connectivity index (χ0v) is 16.7. The second-order valence-corrected chi connectivity index (χ2v) is 7.70. The zero-order valence-electron chi connectivity index (χ0n) is 15.1. The number of amides is 1. The van der Waals surface area contributed by atoms with Crippen LogP contribution in [-0.2, 0) is 23.8 Å². The summed E-state index contributed by atoms with van der Waals surface area (Å²) in [4.78, 5) is 35.5. The highest BCUT2D eigenvalue weighted by molar-refractivity contribution is 9.11. The molecule has 1 unspecified atom stereocenters. The number of alkyl carbamates (subject to hydrolysis) is 1. The van der Waals surface area contributed by atoms with Crippen LogP contribution in [0.25, 0.3) is 0 Å². The molecule has 0 aliphatic carbocycles. The van der Waals surface area contributed by atoms with Gasteiger partial charge in [-0.05, 0) is 40.2 Å². The fourth-order valence-electron chi connectivity index (χ4n) is 1.98. The van der Waals surface area contributed by atoms with E-state index in [0.717, 1.165) is 0 Å². The fourth-order valence-corrected chi connectivity index (χ4v) is 2.18. The maximum absolute atomic E-state index is 12.0. The molecule has 0 aromatic heterocycles. The quantitative estimate of drug-likeness (QED) is 0.526. The van der Waals surface area contributed by atoms with Gasteiger partial charge < -0.3 is 19.5 Å². The number of allylic oxidation sites excluding steroid dienone is 2. The molecule has 1 N–H and O–H groups in total. The summed E-state index contributed by atoms with van der Waals surface area (Å²) in [6.45, 7) is 8.46. The van der Waals surface area contributed by atoms with Gasteiger partial charge in [0.1, 0.15) is 24.0 Å². The van der Waals surface area contributed by atoms with Gasteiger partial charge in [-0.25, -0.2) is 9.59 Å². The van der Waals surface area contributed by atoms with Crippen molar-refractivity contribution in [3.05, 3.63) is 21.9 Å². The summed E-state index contributed by atoms with van der Waals surface area (Å²) >= 11 is 3.25. The second kappa shape index (κ2) is 9.03. The predicted molar refractivity (Wildman–Crippen MR) is 94.8 cm³/mol. The summed E-state index contributed by atoms with van der Waals surface area (Å²) in [5, 5.41) is 2.33. The van der Waals surface area contributed by atoms with Crippen LogP contribution in [0.1, 0.15) is 47.5 Å². The van der Waals surface area contributed by atoms with Gasteiger partial charge in [0.25, 0.3) is 0 Å². The number of cyclic esters (lactones) is 1. The highest BCUT2D eigenvalue weighted by Crippen LogP contribution is 2.27. The van der Waals surface area contributed by atoms with Gasteiger partial charge in [-0.15, -0.1) is 0 Å². The van der Waals surface area contributed by atoms with Gasteiger partial charge in [0.2, 0.25) is 0 Å². The molecule has 0 radical (unpaired) electrons. The number of halogens is 1. The minimum absolute atomic E-state index is 0.279. The van der Waals surface area contributed by atoms with Crippen LogP contribution in [0.15, 0.2) is 21.9 Å². The van der Waals surface area contributed by atoms with Gasteiger partial charge in [-0.3, -0.25) is 4.79 Å². The third kappa shape index (κ3) is 7.29. The Morgan fingerprint density at radius 3 is 2.48 bits per heavy atom. The number of nitrogens with one attached hydrogen (secondary N) is 1. The third-order valence-electron chi connectivity index (χ3n) is 3.01. The Morgan fingerprint density at radius 1 is 1.36 bits per heavy atom. The third-order valence-corrected chi connectivity index (χ3v) is 3.40. The SMILES string of the molecule is CCCC(OC(=O)CNC(=O)OC(C)(C)C)C1=CC(=C(C)Br)OC1=O. The minimum atomic E-state index is -0.727. The van der Waals surface area contributed by atoms with Gasteiger partial charge in [0.05, 0.1) is 5.57 Å². The standard InChI is InChI=1S/C17H24BrNO6/c1-6-7-12(11-8-13(10(2)18)24-15(11)21)23-14(20)9-19-16(22)25-17(3,4)5/h8,12H,6-7,9H2,1-5H3,(H,19,22). The zero-order chi connectivity index (χ0) is 19.2. The van der Waals surface area contributed by atoms with Crippen LogP contribution in [0.3, 0.4) is 0 Å². The van der Waals surface area contributed by atoms with Gasteiger partial charge in [-0.2, -0.15) is 0 Å². The summed E-state index contributed by atoms with van der Waals surface area (Å²) in [7, 11) is 0. The molecule has 1 amide bonds. The summed E-state index contributed by atoms with van der Waals surface area (Å²) in [5.74, 6) is -0.810. The van der Waals surface area contributed by atoms with Crippen LogP contribution in [0.4, 0.5) is 4.79 Å². The lowest BCUT2D eigenvalue weighted by atomic mass is 10.1. The molecule has 7 nitrogen and oxygen atoms in total. The van der Waals surface area contributed by atoms with E-state index in [-0.39, 0.29) is 12.1 Å². The molecular weight excluding hydrogens is 394 g/mol. The number of carbonyl (C=O) groups is 3. The molecule has 0 fully saturated rings. The monoisotopic (exact) mass is 417 g/mol. The van der Waals surface area contributed by atoms with E-state index in [2.05, 4.69) is 21.2 Å². The smallest absolute Gasteiger partial charge is 0.408 e. The highest BCUT2D eigenvalue weighted by atomic mass is 79.9. The molecule has 0 saturated heterocycles. The largest absolute Gasteiger partial charge is 0.456 e. The van der Waals surface area contributed by atoms with Crippen LogP contribution in [-0.4, -0.2) is 36.3 Å². The number of hydrogen-bond acceptors (Lipinski definition) is 6. The first kappa shape index (κ1) is 21.2. The van der Waals surface area contributed by atoms with E-state index in [1.807, 2.05) is 6.92 Å². The molecule has 1 rings (SSSR count). The molecule has 0 spiro atoms.